The van der Waals surface area contributed by atoms with Crippen LogP contribution >= 0.6 is 11.3 Å². The highest BCUT2D eigenvalue weighted by Crippen LogP contribution is 2.44. The highest BCUT2D eigenvalue weighted by Gasteiger charge is 2.50. The third kappa shape index (κ3) is 3.08. The number of amides is 1. The Kier molecular flexibility index (Phi) is 4.08. The lowest BCUT2D eigenvalue weighted by Gasteiger charge is -2.36. The lowest BCUT2D eigenvalue weighted by atomic mass is 9.68. The highest BCUT2D eigenvalue weighted by molar-refractivity contribution is 7.92. The zero-order valence-corrected chi connectivity index (χ0v) is 13.9. The standard InChI is InChI=1S/C12H19N5O3S2/c1-22(19,20)17-11-16-15-10(21-11)14-9(18)12-5-3-2-4-8(12)6-13-7-12/h8,13H,2-7H2,1H3,(H,16,17)(H,14,15,18)/t8-,12+/m0/s1. The Balaban J connectivity index is 1.71. The number of carbonyl (C=O) groups is 1. The minimum Gasteiger partial charge on any atom is -0.315 e. The van der Waals surface area contributed by atoms with Crippen LogP contribution in [0, 0.1) is 11.3 Å². The molecule has 8 nitrogen and oxygen atoms in total. The molecular formula is C12H19N5O3S2. The number of sulfonamides is 1. The molecule has 2 heterocycles. The molecule has 22 heavy (non-hydrogen) atoms. The molecule has 0 spiro atoms. The van der Waals surface area contributed by atoms with Gasteiger partial charge in [-0.1, -0.05) is 24.2 Å². The van der Waals surface area contributed by atoms with E-state index in [0.717, 1.165) is 43.4 Å². The van der Waals surface area contributed by atoms with Crippen LogP contribution < -0.4 is 15.4 Å². The van der Waals surface area contributed by atoms with Gasteiger partial charge in [0.15, 0.2) is 0 Å². The molecule has 0 bridgehead atoms. The van der Waals surface area contributed by atoms with Gasteiger partial charge in [-0.3, -0.25) is 14.8 Å². The van der Waals surface area contributed by atoms with Gasteiger partial charge in [-0.15, -0.1) is 10.2 Å². The molecule has 10 heteroatoms. The monoisotopic (exact) mass is 345 g/mol. The van der Waals surface area contributed by atoms with Gasteiger partial charge in [-0.2, -0.15) is 0 Å². The first kappa shape index (κ1) is 15.6. The Labute approximate surface area is 133 Å². The number of aromatic nitrogens is 2. The van der Waals surface area contributed by atoms with Crippen LogP contribution in [0.5, 0.6) is 0 Å². The topological polar surface area (TPSA) is 113 Å². The summed E-state index contributed by atoms with van der Waals surface area (Å²) < 4.78 is 24.6. The lowest BCUT2D eigenvalue weighted by molar-refractivity contribution is -0.128. The van der Waals surface area contributed by atoms with Crippen LogP contribution in [0.3, 0.4) is 0 Å². The van der Waals surface area contributed by atoms with E-state index in [9.17, 15) is 13.2 Å². The lowest BCUT2D eigenvalue weighted by Crippen LogP contribution is -2.44. The summed E-state index contributed by atoms with van der Waals surface area (Å²) in [5, 5.41) is 14.2. The van der Waals surface area contributed by atoms with Gasteiger partial charge in [0.05, 0.1) is 11.7 Å². The minimum absolute atomic E-state index is 0.0377. The number of rotatable bonds is 4. The van der Waals surface area contributed by atoms with Crippen molar-refractivity contribution < 1.29 is 13.2 Å². The molecule has 1 aromatic heterocycles. The third-order valence-electron chi connectivity index (χ3n) is 4.41. The summed E-state index contributed by atoms with van der Waals surface area (Å²) in [5.41, 5.74) is -0.367. The fourth-order valence-electron chi connectivity index (χ4n) is 3.39. The van der Waals surface area contributed by atoms with Gasteiger partial charge in [-0.25, -0.2) is 8.42 Å². The molecule has 2 aliphatic rings. The molecule has 2 atom stereocenters. The summed E-state index contributed by atoms with van der Waals surface area (Å²) >= 11 is 1.02. The Hall–Kier alpha value is -1.26. The molecule has 0 radical (unpaired) electrons. The smallest absolute Gasteiger partial charge is 0.234 e. The third-order valence-corrected chi connectivity index (χ3v) is 5.86. The van der Waals surface area contributed by atoms with Gasteiger partial charge in [0.25, 0.3) is 0 Å². The largest absolute Gasteiger partial charge is 0.315 e. The highest BCUT2D eigenvalue weighted by atomic mass is 32.2. The molecule has 1 saturated heterocycles. The van der Waals surface area contributed by atoms with Crippen molar-refractivity contribution in [2.24, 2.45) is 11.3 Å². The second-order valence-corrected chi connectivity index (χ2v) is 8.70. The zero-order valence-electron chi connectivity index (χ0n) is 12.3. The first-order valence-corrected chi connectivity index (χ1v) is 9.93. The average Bonchev–Trinajstić information content (AvgIpc) is 3.04. The van der Waals surface area contributed by atoms with Crippen molar-refractivity contribution in [3.63, 3.8) is 0 Å². The van der Waals surface area contributed by atoms with Crippen LogP contribution in [0.25, 0.3) is 0 Å². The quantitative estimate of drug-likeness (QED) is 0.737. The molecule has 1 aromatic rings. The summed E-state index contributed by atoms with van der Waals surface area (Å²) in [7, 11) is -3.39. The SMILES string of the molecule is CS(=O)(=O)Nc1nnc(NC(=O)[C@@]23CCCC[C@H]2CNC3)s1. The van der Waals surface area contributed by atoms with Crippen molar-refractivity contribution in [2.45, 2.75) is 25.7 Å². The summed E-state index contributed by atoms with van der Waals surface area (Å²) in [5.74, 6) is 0.326. The van der Waals surface area contributed by atoms with Gasteiger partial charge in [-0.05, 0) is 25.3 Å². The van der Waals surface area contributed by atoms with Crippen LogP contribution in [0.4, 0.5) is 10.3 Å². The predicted octanol–water partition coefficient (Wildman–Crippen LogP) is 0.628. The van der Waals surface area contributed by atoms with Gasteiger partial charge < -0.3 is 5.32 Å². The molecule has 0 aromatic carbocycles. The van der Waals surface area contributed by atoms with Crippen molar-refractivity contribution in [1.29, 1.82) is 0 Å². The summed E-state index contributed by atoms with van der Waals surface area (Å²) in [6.45, 7) is 1.57. The molecule has 0 unspecified atom stereocenters. The summed E-state index contributed by atoms with van der Waals surface area (Å²) in [4.78, 5) is 12.7. The Morgan fingerprint density at radius 2 is 2.14 bits per heavy atom. The maximum atomic E-state index is 12.7. The minimum atomic E-state index is -3.39. The molecule has 1 amide bonds. The van der Waals surface area contributed by atoms with Gasteiger partial charge >= 0.3 is 0 Å². The van der Waals surface area contributed by atoms with Crippen molar-refractivity contribution >= 4 is 37.5 Å². The number of hydrogen-bond donors (Lipinski definition) is 3. The summed E-state index contributed by atoms with van der Waals surface area (Å²) in [6.07, 6.45) is 5.22. The van der Waals surface area contributed by atoms with Crippen LogP contribution in [0.15, 0.2) is 0 Å². The van der Waals surface area contributed by atoms with Crippen molar-refractivity contribution in [1.82, 2.24) is 15.5 Å². The normalized spacial score (nSPS) is 28.1. The number of fused-ring (bicyclic) bond motifs is 1. The first-order chi connectivity index (χ1) is 10.4. The molecule has 1 aliphatic heterocycles. The van der Waals surface area contributed by atoms with Gasteiger partial charge in [0.2, 0.25) is 26.2 Å². The molecule has 3 N–H and O–H groups in total. The molecule has 3 rings (SSSR count). The van der Waals surface area contributed by atoms with E-state index in [1.807, 2.05) is 0 Å². The Bertz CT molecular complexity index is 674. The van der Waals surface area contributed by atoms with E-state index in [1.165, 1.54) is 6.42 Å². The van der Waals surface area contributed by atoms with Crippen LogP contribution in [0.2, 0.25) is 0 Å². The average molecular weight is 345 g/mol. The van der Waals surface area contributed by atoms with E-state index in [1.54, 1.807) is 0 Å². The molecule has 1 saturated carbocycles. The van der Waals surface area contributed by atoms with E-state index < -0.39 is 10.0 Å². The second kappa shape index (κ2) is 5.74. The van der Waals surface area contributed by atoms with Crippen LogP contribution in [-0.2, 0) is 14.8 Å². The second-order valence-electron chi connectivity index (χ2n) is 5.97. The fourth-order valence-corrected chi connectivity index (χ4v) is 4.85. The van der Waals surface area contributed by atoms with Crippen LogP contribution in [0.1, 0.15) is 25.7 Å². The zero-order chi connectivity index (χ0) is 15.8. The van der Waals surface area contributed by atoms with Crippen molar-refractivity contribution in [3.8, 4) is 0 Å². The van der Waals surface area contributed by atoms with E-state index in [-0.39, 0.29) is 16.5 Å². The molecule has 2 fully saturated rings. The maximum absolute atomic E-state index is 12.7. The number of nitrogens with zero attached hydrogens (tertiary/aromatic N) is 2. The van der Waals surface area contributed by atoms with E-state index in [0.29, 0.717) is 17.6 Å². The molecule has 1 aliphatic carbocycles. The Morgan fingerprint density at radius 1 is 1.36 bits per heavy atom. The number of hydrogen-bond acceptors (Lipinski definition) is 7. The number of anilines is 2. The van der Waals surface area contributed by atoms with E-state index in [2.05, 4.69) is 25.6 Å². The van der Waals surface area contributed by atoms with E-state index in [4.69, 9.17) is 0 Å². The number of carbonyl (C=O) groups excluding carboxylic acids is 1. The number of nitrogens with one attached hydrogen (secondary N) is 3. The predicted molar refractivity (Wildman–Crippen MR) is 84.3 cm³/mol. The van der Waals surface area contributed by atoms with Crippen molar-refractivity contribution in [3.05, 3.63) is 0 Å². The maximum Gasteiger partial charge on any atom is 0.234 e. The van der Waals surface area contributed by atoms with Gasteiger partial charge in [0, 0.05) is 6.54 Å². The van der Waals surface area contributed by atoms with E-state index >= 15 is 0 Å². The first-order valence-electron chi connectivity index (χ1n) is 7.22. The Morgan fingerprint density at radius 3 is 2.91 bits per heavy atom. The molecular weight excluding hydrogens is 326 g/mol. The van der Waals surface area contributed by atoms with Gasteiger partial charge in [0.1, 0.15) is 0 Å². The fraction of sp³-hybridized carbons (Fsp3) is 0.750. The van der Waals surface area contributed by atoms with Crippen molar-refractivity contribution in [2.75, 3.05) is 29.4 Å². The van der Waals surface area contributed by atoms with Crippen LogP contribution in [-0.4, -0.2) is 43.9 Å². The summed E-state index contributed by atoms with van der Waals surface area (Å²) in [6, 6.07) is 0. The molecule has 122 valence electrons.